The summed E-state index contributed by atoms with van der Waals surface area (Å²) in [6.07, 6.45) is 1.75. The molecule has 0 atom stereocenters. The molecule has 0 saturated carbocycles. The van der Waals surface area contributed by atoms with Crippen molar-refractivity contribution in [2.24, 2.45) is 14.1 Å². The molecule has 31 heavy (non-hydrogen) atoms. The van der Waals surface area contributed by atoms with E-state index in [4.69, 9.17) is 0 Å². The molecule has 0 fully saturated rings. The van der Waals surface area contributed by atoms with Gasteiger partial charge < -0.3 is 9.88 Å². The minimum absolute atomic E-state index is 0.00124. The normalized spacial score (nSPS) is 11.1. The molecule has 4 aromatic rings. The third-order valence-electron chi connectivity index (χ3n) is 5.04. The standard InChI is InChI=1S/C22H18BrFN4O3/c1-26-11-15(13-6-4-3-5-7-13)19-20(26)21(30)27(2)22(31)28(19)12-18(29)25-17-9-8-14(23)10-16(17)24/h3-11H,12H2,1-2H3,(H,25,29). The summed E-state index contributed by atoms with van der Waals surface area (Å²) in [6.45, 7) is -0.386. The van der Waals surface area contributed by atoms with Crippen molar-refractivity contribution in [2.45, 2.75) is 6.54 Å². The van der Waals surface area contributed by atoms with E-state index in [1.807, 2.05) is 30.3 Å². The van der Waals surface area contributed by atoms with Crippen molar-refractivity contribution < 1.29 is 9.18 Å². The highest BCUT2D eigenvalue weighted by Gasteiger charge is 2.21. The number of fused-ring (bicyclic) bond motifs is 1. The molecule has 0 aliphatic rings. The summed E-state index contributed by atoms with van der Waals surface area (Å²) < 4.78 is 18.5. The van der Waals surface area contributed by atoms with Gasteiger partial charge in [0.2, 0.25) is 5.91 Å². The molecular formula is C22H18BrFN4O3. The van der Waals surface area contributed by atoms with Crippen LogP contribution in [0.5, 0.6) is 0 Å². The first-order valence-electron chi connectivity index (χ1n) is 9.37. The van der Waals surface area contributed by atoms with E-state index in [9.17, 15) is 18.8 Å². The second-order valence-electron chi connectivity index (χ2n) is 7.12. The molecule has 2 aromatic carbocycles. The topological polar surface area (TPSA) is 78.0 Å². The Morgan fingerprint density at radius 3 is 2.45 bits per heavy atom. The minimum atomic E-state index is -0.632. The lowest BCUT2D eigenvalue weighted by molar-refractivity contribution is -0.116. The Balaban J connectivity index is 1.86. The number of carbonyl (C=O) groups excluding carboxylic acids is 1. The van der Waals surface area contributed by atoms with Gasteiger partial charge in [0.05, 0.1) is 11.2 Å². The number of hydrogen-bond donors (Lipinski definition) is 1. The molecule has 4 rings (SSSR count). The number of halogens is 2. The van der Waals surface area contributed by atoms with Gasteiger partial charge in [-0.05, 0) is 23.8 Å². The monoisotopic (exact) mass is 484 g/mol. The first-order chi connectivity index (χ1) is 14.8. The first kappa shape index (κ1) is 20.8. The second kappa shape index (κ2) is 7.99. The van der Waals surface area contributed by atoms with E-state index in [0.29, 0.717) is 21.1 Å². The fourth-order valence-corrected chi connectivity index (χ4v) is 3.89. The molecule has 158 valence electrons. The summed E-state index contributed by atoms with van der Waals surface area (Å²) in [7, 11) is 3.07. The Kier molecular flexibility index (Phi) is 5.36. The quantitative estimate of drug-likeness (QED) is 0.482. The summed E-state index contributed by atoms with van der Waals surface area (Å²) in [5, 5.41) is 2.49. The van der Waals surface area contributed by atoms with Crippen molar-refractivity contribution in [1.82, 2.24) is 13.7 Å². The smallest absolute Gasteiger partial charge is 0.331 e. The first-order valence-corrected chi connectivity index (χ1v) is 10.2. The summed E-state index contributed by atoms with van der Waals surface area (Å²) >= 11 is 3.17. The summed E-state index contributed by atoms with van der Waals surface area (Å²) in [6, 6.07) is 13.5. The highest BCUT2D eigenvalue weighted by molar-refractivity contribution is 9.10. The SMILES string of the molecule is Cn1c(=O)c2c(c(-c3ccccc3)cn2C)n(CC(=O)Nc2ccc(Br)cc2F)c1=O. The van der Waals surface area contributed by atoms with Crippen LogP contribution in [0.15, 0.2) is 68.8 Å². The average molecular weight is 485 g/mol. The van der Waals surface area contributed by atoms with E-state index in [1.165, 1.54) is 23.7 Å². The largest absolute Gasteiger partial charge is 0.344 e. The Bertz CT molecular complexity index is 1440. The van der Waals surface area contributed by atoms with Gasteiger partial charge in [-0.3, -0.25) is 18.7 Å². The summed E-state index contributed by atoms with van der Waals surface area (Å²) in [4.78, 5) is 38.5. The molecule has 7 nitrogen and oxygen atoms in total. The Morgan fingerprint density at radius 2 is 1.77 bits per heavy atom. The van der Waals surface area contributed by atoms with Crippen LogP contribution in [0.2, 0.25) is 0 Å². The van der Waals surface area contributed by atoms with Crippen molar-refractivity contribution in [2.75, 3.05) is 5.32 Å². The molecule has 2 aromatic heterocycles. The molecule has 9 heteroatoms. The number of rotatable bonds is 4. The van der Waals surface area contributed by atoms with E-state index in [-0.39, 0.29) is 12.2 Å². The lowest BCUT2D eigenvalue weighted by Crippen LogP contribution is -2.40. The highest BCUT2D eigenvalue weighted by Crippen LogP contribution is 2.28. The van der Waals surface area contributed by atoms with E-state index < -0.39 is 23.0 Å². The van der Waals surface area contributed by atoms with Gasteiger partial charge in [-0.25, -0.2) is 9.18 Å². The number of nitrogens with one attached hydrogen (secondary N) is 1. The van der Waals surface area contributed by atoms with Crippen LogP contribution in [-0.2, 0) is 25.4 Å². The van der Waals surface area contributed by atoms with E-state index in [0.717, 1.165) is 10.1 Å². The predicted octanol–water partition coefficient (Wildman–Crippen LogP) is 3.25. The van der Waals surface area contributed by atoms with Gasteiger partial charge >= 0.3 is 5.69 Å². The third kappa shape index (κ3) is 3.72. The van der Waals surface area contributed by atoms with Gasteiger partial charge in [0.15, 0.2) is 0 Å². The van der Waals surface area contributed by atoms with E-state index >= 15 is 0 Å². The van der Waals surface area contributed by atoms with Crippen molar-refractivity contribution in [3.63, 3.8) is 0 Å². The van der Waals surface area contributed by atoms with Crippen LogP contribution in [0, 0.1) is 5.82 Å². The van der Waals surface area contributed by atoms with E-state index in [2.05, 4.69) is 21.2 Å². The van der Waals surface area contributed by atoms with Gasteiger partial charge in [-0.15, -0.1) is 0 Å². The number of carbonyl (C=O) groups is 1. The maximum absolute atomic E-state index is 14.1. The highest BCUT2D eigenvalue weighted by atomic mass is 79.9. The molecule has 0 aliphatic carbocycles. The predicted molar refractivity (Wildman–Crippen MR) is 121 cm³/mol. The lowest BCUT2D eigenvalue weighted by Gasteiger charge is -2.13. The lowest BCUT2D eigenvalue weighted by atomic mass is 10.1. The van der Waals surface area contributed by atoms with Crippen LogP contribution in [0.4, 0.5) is 10.1 Å². The summed E-state index contributed by atoms with van der Waals surface area (Å²) in [5.74, 6) is -1.20. The molecule has 0 saturated heterocycles. The zero-order valence-corrected chi connectivity index (χ0v) is 18.3. The Morgan fingerprint density at radius 1 is 1.06 bits per heavy atom. The molecule has 0 unspecified atom stereocenters. The maximum Gasteiger partial charge on any atom is 0.331 e. The van der Waals surface area contributed by atoms with Crippen LogP contribution < -0.4 is 16.6 Å². The van der Waals surface area contributed by atoms with Crippen LogP contribution in [-0.4, -0.2) is 19.6 Å². The third-order valence-corrected chi connectivity index (χ3v) is 5.53. The van der Waals surface area contributed by atoms with Crippen molar-refractivity contribution in [3.8, 4) is 11.1 Å². The fraction of sp³-hybridized carbons (Fsp3) is 0.136. The van der Waals surface area contributed by atoms with Gasteiger partial charge in [-0.1, -0.05) is 46.3 Å². The minimum Gasteiger partial charge on any atom is -0.344 e. The Hall–Kier alpha value is -3.46. The second-order valence-corrected chi connectivity index (χ2v) is 8.04. The van der Waals surface area contributed by atoms with Crippen molar-refractivity contribution in [1.29, 1.82) is 0 Å². The van der Waals surface area contributed by atoms with Crippen LogP contribution in [0.3, 0.4) is 0 Å². The Labute approximate surface area is 184 Å². The number of hydrogen-bond acceptors (Lipinski definition) is 3. The number of benzene rings is 2. The van der Waals surface area contributed by atoms with Gasteiger partial charge in [0.1, 0.15) is 17.9 Å². The molecule has 0 spiro atoms. The molecule has 0 radical (unpaired) electrons. The van der Waals surface area contributed by atoms with Crippen LogP contribution >= 0.6 is 15.9 Å². The average Bonchev–Trinajstić information content (AvgIpc) is 3.09. The maximum atomic E-state index is 14.1. The van der Waals surface area contributed by atoms with Gasteiger partial charge in [-0.2, -0.15) is 0 Å². The number of amides is 1. The summed E-state index contributed by atoms with van der Waals surface area (Å²) in [5.41, 5.74) is 1.01. The molecule has 2 heterocycles. The molecule has 1 N–H and O–H groups in total. The van der Waals surface area contributed by atoms with Crippen LogP contribution in [0.25, 0.3) is 22.2 Å². The van der Waals surface area contributed by atoms with Gasteiger partial charge in [0.25, 0.3) is 5.56 Å². The van der Waals surface area contributed by atoms with Gasteiger partial charge in [0, 0.05) is 30.3 Å². The number of aromatic nitrogens is 3. The molecule has 1 amide bonds. The van der Waals surface area contributed by atoms with Crippen molar-refractivity contribution >= 4 is 38.6 Å². The number of aryl methyl sites for hydroxylation is 1. The number of anilines is 1. The zero-order valence-electron chi connectivity index (χ0n) is 16.7. The molecular weight excluding hydrogens is 467 g/mol. The molecule has 0 aliphatic heterocycles. The fourth-order valence-electron chi connectivity index (χ4n) is 3.56. The van der Waals surface area contributed by atoms with E-state index in [1.54, 1.807) is 23.9 Å². The molecule has 0 bridgehead atoms. The number of nitrogens with zero attached hydrogens (tertiary/aromatic N) is 3. The van der Waals surface area contributed by atoms with Crippen LogP contribution in [0.1, 0.15) is 0 Å². The van der Waals surface area contributed by atoms with Crippen molar-refractivity contribution in [3.05, 3.63) is 85.9 Å². The zero-order chi connectivity index (χ0) is 22.3.